The van der Waals surface area contributed by atoms with E-state index in [9.17, 15) is 45.6 Å². The van der Waals surface area contributed by atoms with Crippen molar-refractivity contribution in [3.63, 3.8) is 0 Å². The van der Waals surface area contributed by atoms with Crippen LogP contribution in [0.15, 0.2) is 0 Å². The van der Waals surface area contributed by atoms with Gasteiger partial charge in [-0.25, -0.2) is 0 Å². The molecule has 4 aliphatic carbocycles. The van der Waals surface area contributed by atoms with Gasteiger partial charge in [0.15, 0.2) is 12.6 Å². The lowest BCUT2D eigenvalue weighted by Gasteiger charge is -2.72. The highest BCUT2D eigenvalue weighted by atomic mass is 16.7. The fraction of sp³-hybridized carbons (Fsp3) is 0.977. The summed E-state index contributed by atoms with van der Waals surface area (Å²) in [5, 5.41) is 87.9. The lowest BCUT2D eigenvalue weighted by molar-refractivity contribution is -0.352. The molecule has 0 bridgehead atoms. The van der Waals surface area contributed by atoms with Crippen LogP contribution in [0.3, 0.4) is 0 Å². The van der Waals surface area contributed by atoms with Crippen LogP contribution in [-0.4, -0.2) is 138 Å². The topological polar surface area (TPSA) is 225 Å². The maximum atomic E-state index is 12.8. The Morgan fingerprint density at radius 2 is 1.24 bits per heavy atom. The van der Waals surface area contributed by atoms with Crippen LogP contribution in [-0.2, 0) is 28.5 Å². The van der Waals surface area contributed by atoms with Crippen molar-refractivity contribution >= 4 is 5.97 Å². The highest BCUT2D eigenvalue weighted by Crippen LogP contribution is 2.76. The molecule has 0 radical (unpaired) electrons. The standard InChI is InChI=1S/C44H76O14/c1-21-29(46)31(48)33(50)37(54-21)57-26-19-25-24(44(11,53)16-12-15-39(4,5)52)13-17-42(25,9)43(10)18-14-28-40(6,7)36(56-23(3)45)27(20-41(28,8)35(26)43)58-38-34(51)32(49)30(47)22(2)55-38/h21-22,24-38,46-53H,12-20H2,1-11H3/t21-,22-,24+,25-,26-,27-,28+,29+,30-,31+,32+,33-,34-,35-,36-,37+,38+,41+,42-,43-,44-/m1/s1. The number of hydrogen-bond acceptors (Lipinski definition) is 14. The van der Waals surface area contributed by atoms with E-state index in [1.165, 1.54) is 6.92 Å². The molecule has 2 saturated heterocycles. The van der Waals surface area contributed by atoms with Gasteiger partial charge in [0.05, 0.1) is 35.6 Å². The minimum Gasteiger partial charge on any atom is -0.459 e. The summed E-state index contributed by atoms with van der Waals surface area (Å²) in [5.41, 5.74) is -3.84. The first-order valence-corrected chi connectivity index (χ1v) is 21.9. The van der Waals surface area contributed by atoms with Crippen LogP contribution >= 0.6 is 0 Å². The number of rotatable bonds is 10. The summed E-state index contributed by atoms with van der Waals surface area (Å²) in [6.07, 6.45) is -9.24. The average molecular weight is 829 g/mol. The highest BCUT2D eigenvalue weighted by Gasteiger charge is 2.74. The summed E-state index contributed by atoms with van der Waals surface area (Å²) in [6.45, 7) is 21.1. The summed E-state index contributed by atoms with van der Waals surface area (Å²) >= 11 is 0. The fourth-order valence-electron chi connectivity index (χ4n) is 13.9. The molecule has 4 saturated carbocycles. The smallest absolute Gasteiger partial charge is 0.303 e. The zero-order chi connectivity index (χ0) is 43.3. The zero-order valence-corrected chi connectivity index (χ0v) is 36.7. The molecular formula is C44H76O14. The molecule has 6 fully saturated rings. The predicted molar refractivity (Wildman–Crippen MR) is 211 cm³/mol. The zero-order valence-electron chi connectivity index (χ0n) is 36.7. The summed E-state index contributed by atoms with van der Waals surface area (Å²) in [7, 11) is 0. The van der Waals surface area contributed by atoms with Crippen molar-refractivity contribution < 1.29 is 69.3 Å². The average Bonchev–Trinajstić information content (AvgIpc) is 3.46. The first-order chi connectivity index (χ1) is 26.6. The minimum absolute atomic E-state index is 0.00217. The van der Waals surface area contributed by atoms with Gasteiger partial charge in [0.1, 0.15) is 42.7 Å². The highest BCUT2D eigenvalue weighted by molar-refractivity contribution is 5.66. The Morgan fingerprint density at radius 1 is 0.724 bits per heavy atom. The molecule has 2 heterocycles. The van der Waals surface area contributed by atoms with E-state index < -0.39 is 113 Å². The Kier molecular flexibility index (Phi) is 12.8. The maximum Gasteiger partial charge on any atom is 0.303 e. The number of fused-ring (bicyclic) bond motifs is 5. The Bertz CT molecular complexity index is 1470. The second-order valence-corrected chi connectivity index (χ2v) is 21.7. The molecule has 21 atom stereocenters. The number of carbonyl (C=O) groups excluding carboxylic acids is 1. The second kappa shape index (κ2) is 16.0. The van der Waals surface area contributed by atoms with Gasteiger partial charge in [-0.05, 0) is 132 Å². The largest absolute Gasteiger partial charge is 0.459 e. The molecule has 0 aromatic carbocycles. The van der Waals surface area contributed by atoms with Gasteiger partial charge in [-0.1, -0.05) is 34.6 Å². The molecule has 6 aliphatic rings. The first-order valence-electron chi connectivity index (χ1n) is 21.9. The molecule has 14 heteroatoms. The number of ether oxygens (including phenoxy) is 5. The van der Waals surface area contributed by atoms with Crippen LogP contribution < -0.4 is 0 Å². The Balaban J connectivity index is 1.43. The lowest BCUT2D eigenvalue weighted by Crippen LogP contribution is -2.71. The van der Waals surface area contributed by atoms with Crippen molar-refractivity contribution in [3.05, 3.63) is 0 Å². The molecule has 14 nitrogen and oxygen atoms in total. The van der Waals surface area contributed by atoms with Gasteiger partial charge in [-0.2, -0.15) is 0 Å². The molecule has 6 rings (SSSR count). The number of hydrogen-bond donors (Lipinski definition) is 8. The quantitative estimate of drug-likeness (QED) is 0.117. The predicted octanol–water partition coefficient (Wildman–Crippen LogP) is 2.94. The molecule has 336 valence electrons. The third-order valence-corrected chi connectivity index (χ3v) is 17.0. The lowest BCUT2D eigenvalue weighted by atomic mass is 9.34. The molecule has 0 unspecified atom stereocenters. The molecule has 2 aliphatic heterocycles. The van der Waals surface area contributed by atoms with Crippen LogP contribution in [0, 0.1) is 45.3 Å². The van der Waals surface area contributed by atoms with Gasteiger partial charge in [-0.3, -0.25) is 4.79 Å². The number of aliphatic hydroxyl groups is 8. The second-order valence-electron chi connectivity index (χ2n) is 21.7. The number of carbonyl (C=O) groups is 1. The van der Waals surface area contributed by atoms with Gasteiger partial charge >= 0.3 is 5.97 Å². The van der Waals surface area contributed by atoms with Crippen LogP contribution in [0.25, 0.3) is 0 Å². The van der Waals surface area contributed by atoms with E-state index in [4.69, 9.17) is 23.7 Å². The molecule has 0 amide bonds. The fourth-order valence-corrected chi connectivity index (χ4v) is 13.9. The third-order valence-electron chi connectivity index (χ3n) is 17.0. The van der Waals surface area contributed by atoms with Crippen LogP contribution in [0.2, 0.25) is 0 Å². The van der Waals surface area contributed by atoms with Crippen LogP contribution in [0.4, 0.5) is 0 Å². The normalized spacial score (nSPS) is 51.5. The van der Waals surface area contributed by atoms with Gasteiger partial charge in [0.2, 0.25) is 0 Å². The SMILES string of the molecule is CC(=O)O[C@@H]1[C@H](O[C@@H]2O[C@H](C)[C@@H](O)[C@H](O)[C@H]2O)C[C@]2(C)[C@H]3[C@H](O[C@@H]4O[C@H](C)[C@H](O)[C@H](O)[C@H]4O)C[C@@H]4[C@@H]([C@](C)(O)CCCC(C)(C)O)CC[C@@]4(C)[C@]3(C)CC[C@H]2C1(C)C. The van der Waals surface area contributed by atoms with E-state index in [1.807, 2.05) is 6.92 Å². The molecule has 58 heavy (non-hydrogen) atoms. The number of esters is 1. The van der Waals surface area contributed by atoms with Gasteiger partial charge in [-0.15, -0.1) is 0 Å². The molecule has 0 spiro atoms. The van der Waals surface area contributed by atoms with Crippen molar-refractivity contribution in [1.29, 1.82) is 0 Å². The van der Waals surface area contributed by atoms with Gasteiger partial charge in [0.25, 0.3) is 0 Å². The molecule has 8 N–H and O–H groups in total. The van der Waals surface area contributed by atoms with Crippen molar-refractivity contribution in [2.75, 3.05) is 0 Å². The van der Waals surface area contributed by atoms with Gasteiger partial charge in [0, 0.05) is 12.3 Å². The van der Waals surface area contributed by atoms with Crippen molar-refractivity contribution in [3.8, 4) is 0 Å². The van der Waals surface area contributed by atoms with E-state index in [0.29, 0.717) is 32.1 Å². The Labute approximate surface area is 344 Å². The van der Waals surface area contributed by atoms with E-state index in [2.05, 4.69) is 34.6 Å². The van der Waals surface area contributed by atoms with E-state index in [0.717, 1.165) is 25.7 Å². The van der Waals surface area contributed by atoms with Crippen molar-refractivity contribution in [1.82, 2.24) is 0 Å². The summed E-state index contributed by atoms with van der Waals surface area (Å²) in [6, 6.07) is 0. The molecular weight excluding hydrogens is 752 g/mol. The van der Waals surface area contributed by atoms with Crippen LogP contribution in [0.1, 0.15) is 134 Å². The van der Waals surface area contributed by atoms with E-state index in [1.54, 1.807) is 27.7 Å². The summed E-state index contributed by atoms with van der Waals surface area (Å²) < 4.78 is 31.9. The Morgan fingerprint density at radius 3 is 1.76 bits per heavy atom. The van der Waals surface area contributed by atoms with E-state index in [-0.39, 0.29) is 29.1 Å². The van der Waals surface area contributed by atoms with Crippen LogP contribution in [0.5, 0.6) is 0 Å². The Hall–Kier alpha value is -1.01. The molecule has 0 aromatic rings. The monoisotopic (exact) mass is 829 g/mol. The van der Waals surface area contributed by atoms with Crippen molar-refractivity contribution in [2.24, 2.45) is 45.3 Å². The number of aliphatic hydroxyl groups excluding tert-OH is 6. The van der Waals surface area contributed by atoms with Gasteiger partial charge < -0.3 is 64.5 Å². The third kappa shape index (κ3) is 7.84. The van der Waals surface area contributed by atoms with E-state index >= 15 is 0 Å². The molecule has 0 aromatic heterocycles. The maximum absolute atomic E-state index is 12.8. The summed E-state index contributed by atoms with van der Waals surface area (Å²) in [4.78, 5) is 12.8. The van der Waals surface area contributed by atoms with Crippen molar-refractivity contribution in [2.45, 2.75) is 225 Å². The first kappa shape index (κ1) is 46.5. The summed E-state index contributed by atoms with van der Waals surface area (Å²) in [5.74, 6) is -0.826. The minimum atomic E-state index is -1.57.